The predicted octanol–water partition coefficient (Wildman–Crippen LogP) is 3.58. The normalized spacial score (nSPS) is 14.1. The second kappa shape index (κ2) is 9.59. The van der Waals surface area contributed by atoms with Crippen LogP contribution in [0, 0.1) is 5.82 Å². The van der Waals surface area contributed by atoms with E-state index < -0.39 is 17.3 Å². The van der Waals surface area contributed by atoms with Gasteiger partial charge in [-0.05, 0) is 55.3 Å². The maximum atomic E-state index is 13.4. The van der Waals surface area contributed by atoms with Crippen molar-refractivity contribution in [2.45, 2.75) is 32.2 Å². The lowest BCUT2D eigenvalue weighted by atomic mass is 10.2. The molecule has 4 rings (SSSR count). The average Bonchev–Trinajstić information content (AvgIpc) is 3.07. The van der Waals surface area contributed by atoms with Crippen LogP contribution in [0.2, 0.25) is 0 Å². The van der Waals surface area contributed by atoms with Gasteiger partial charge < -0.3 is 15.5 Å². The fourth-order valence-corrected chi connectivity index (χ4v) is 3.71. The molecule has 2 aromatic carbocycles. The fraction of sp³-hybridized carbons (Fsp3) is 0.304. The van der Waals surface area contributed by atoms with Crippen LogP contribution in [0.4, 0.5) is 20.6 Å². The number of carbonyl (C=O) groups excluding carboxylic acids is 2. The zero-order valence-electron chi connectivity index (χ0n) is 17.5. The van der Waals surface area contributed by atoms with E-state index in [1.54, 1.807) is 24.3 Å². The molecular formula is C23H24FN5O3. The molecule has 2 N–H and O–H groups in total. The number of nitrogens with one attached hydrogen (secondary N) is 2. The fourth-order valence-electron chi connectivity index (χ4n) is 3.71. The third-order valence-corrected chi connectivity index (χ3v) is 5.41. The van der Waals surface area contributed by atoms with Crippen LogP contribution >= 0.6 is 0 Å². The van der Waals surface area contributed by atoms with Crippen LogP contribution in [0.3, 0.4) is 0 Å². The molecule has 8 nitrogen and oxygen atoms in total. The molecule has 1 fully saturated rings. The van der Waals surface area contributed by atoms with Gasteiger partial charge in [-0.2, -0.15) is 0 Å². The van der Waals surface area contributed by atoms with E-state index in [0.29, 0.717) is 16.9 Å². The van der Waals surface area contributed by atoms with E-state index in [2.05, 4.69) is 15.6 Å². The Hall–Kier alpha value is -3.75. The summed E-state index contributed by atoms with van der Waals surface area (Å²) in [5.74, 6) is -0.965. The summed E-state index contributed by atoms with van der Waals surface area (Å²) in [6.07, 6.45) is 5.60. The number of hydrogen-bond acceptors (Lipinski definition) is 4. The first-order chi connectivity index (χ1) is 15.5. The number of nitrogens with zero attached hydrogens (tertiary/aromatic N) is 3. The SMILES string of the molecule is O=C(Cn1cnc2ccc(F)cc2c1=O)Nc1ccc(NC(=O)N2CCCCCC2)cc1. The molecule has 1 aliphatic rings. The van der Waals surface area contributed by atoms with Crippen LogP contribution < -0.4 is 16.2 Å². The van der Waals surface area contributed by atoms with E-state index in [0.717, 1.165) is 49.4 Å². The number of benzene rings is 2. The number of fused-ring (bicyclic) bond motifs is 1. The molecule has 0 aliphatic carbocycles. The van der Waals surface area contributed by atoms with Crippen molar-refractivity contribution in [2.24, 2.45) is 0 Å². The van der Waals surface area contributed by atoms with Crippen molar-refractivity contribution in [3.05, 3.63) is 65.0 Å². The van der Waals surface area contributed by atoms with Gasteiger partial charge in [0.1, 0.15) is 12.4 Å². The van der Waals surface area contributed by atoms with Gasteiger partial charge in [-0.25, -0.2) is 14.2 Å². The van der Waals surface area contributed by atoms with Gasteiger partial charge in [0, 0.05) is 24.5 Å². The maximum Gasteiger partial charge on any atom is 0.321 e. The van der Waals surface area contributed by atoms with E-state index in [9.17, 15) is 18.8 Å². The highest BCUT2D eigenvalue weighted by Gasteiger charge is 2.15. The van der Waals surface area contributed by atoms with Crippen LogP contribution in [0.1, 0.15) is 25.7 Å². The number of anilines is 2. The topological polar surface area (TPSA) is 96.3 Å². The number of rotatable bonds is 4. The van der Waals surface area contributed by atoms with Crippen LogP contribution in [0.5, 0.6) is 0 Å². The van der Waals surface area contributed by atoms with Gasteiger partial charge in [-0.1, -0.05) is 12.8 Å². The maximum absolute atomic E-state index is 13.4. The van der Waals surface area contributed by atoms with E-state index in [1.165, 1.54) is 18.5 Å². The summed E-state index contributed by atoms with van der Waals surface area (Å²) in [6.45, 7) is 1.26. The number of aromatic nitrogens is 2. The number of hydrogen-bond donors (Lipinski definition) is 2. The van der Waals surface area contributed by atoms with Gasteiger partial charge in [0.2, 0.25) is 5.91 Å². The van der Waals surface area contributed by atoms with Crippen molar-refractivity contribution in [1.29, 1.82) is 0 Å². The minimum absolute atomic E-state index is 0.116. The Morgan fingerprint density at radius 2 is 1.59 bits per heavy atom. The molecule has 166 valence electrons. The summed E-state index contributed by atoms with van der Waals surface area (Å²) in [5.41, 5.74) is 1.03. The third-order valence-electron chi connectivity index (χ3n) is 5.41. The van der Waals surface area contributed by atoms with Crippen molar-refractivity contribution in [3.8, 4) is 0 Å². The monoisotopic (exact) mass is 437 g/mol. The molecule has 0 unspecified atom stereocenters. The molecule has 1 saturated heterocycles. The van der Waals surface area contributed by atoms with E-state index in [1.807, 2.05) is 4.90 Å². The van der Waals surface area contributed by atoms with Gasteiger partial charge >= 0.3 is 6.03 Å². The molecule has 9 heteroatoms. The molecule has 2 heterocycles. The highest BCUT2D eigenvalue weighted by Crippen LogP contribution is 2.16. The number of urea groups is 1. The minimum atomic E-state index is -0.540. The molecule has 0 spiro atoms. The van der Waals surface area contributed by atoms with Crippen LogP contribution in [0.15, 0.2) is 53.6 Å². The molecule has 0 radical (unpaired) electrons. The lowest BCUT2D eigenvalue weighted by Gasteiger charge is -2.20. The van der Waals surface area contributed by atoms with Gasteiger partial charge in [0.15, 0.2) is 0 Å². The Bertz CT molecular complexity index is 1180. The van der Waals surface area contributed by atoms with Crippen LogP contribution in [-0.4, -0.2) is 39.5 Å². The Balaban J connectivity index is 1.37. The standard InChI is InChI=1S/C23H24FN5O3/c24-16-5-10-20-19(13-16)22(31)29(15-25-20)14-21(30)26-17-6-8-18(9-7-17)27-23(32)28-11-3-1-2-4-12-28/h5-10,13,15H,1-4,11-12,14H2,(H,26,30)(H,27,32). The molecule has 1 aromatic heterocycles. The summed E-state index contributed by atoms with van der Waals surface area (Å²) < 4.78 is 14.6. The largest absolute Gasteiger partial charge is 0.325 e. The number of likely N-dealkylation sites (tertiary alicyclic amines) is 1. The lowest BCUT2D eigenvalue weighted by Crippen LogP contribution is -2.35. The van der Waals surface area contributed by atoms with Crippen molar-refractivity contribution >= 4 is 34.2 Å². The molecular weight excluding hydrogens is 413 g/mol. The molecule has 1 aliphatic heterocycles. The summed E-state index contributed by atoms with van der Waals surface area (Å²) in [5, 5.41) is 5.70. The first-order valence-corrected chi connectivity index (χ1v) is 10.6. The molecule has 3 amide bonds. The van der Waals surface area contributed by atoms with Gasteiger partial charge in [0.05, 0.1) is 17.2 Å². The van der Waals surface area contributed by atoms with Gasteiger partial charge in [0.25, 0.3) is 5.56 Å². The summed E-state index contributed by atoms with van der Waals surface area (Å²) >= 11 is 0. The Morgan fingerprint density at radius 1 is 0.938 bits per heavy atom. The zero-order chi connectivity index (χ0) is 22.5. The van der Waals surface area contributed by atoms with Gasteiger partial charge in [-0.3, -0.25) is 14.2 Å². The minimum Gasteiger partial charge on any atom is -0.325 e. The second-order valence-electron chi connectivity index (χ2n) is 7.80. The van der Waals surface area contributed by atoms with Gasteiger partial charge in [-0.15, -0.1) is 0 Å². The first kappa shape index (κ1) is 21.5. The molecule has 0 atom stereocenters. The first-order valence-electron chi connectivity index (χ1n) is 10.6. The zero-order valence-corrected chi connectivity index (χ0v) is 17.5. The highest BCUT2D eigenvalue weighted by atomic mass is 19.1. The van der Waals surface area contributed by atoms with Crippen LogP contribution in [0.25, 0.3) is 10.9 Å². The Morgan fingerprint density at radius 3 is 2.28 bits per heavy atom. The van der Waals surface area contributed by atoms with Crippen LogP contribution in [-0.2, 0) is 11.3 Å². The summed E-state index contributed by atoms with van der Waals surface area (Å²) in [6, 6.07) is 10.4. The highest BCUT2D eigenvalue weighted by molar-refractivity contribution is 5.92. The summed E-state index contributed by atoms with van der Waals surface area (Å²) in [4.78, 5) is 43.2. The summed E-state index contributed by atoms with van der Waals surface area (Å²) in [7, 11) is 0. The number of amides is 3. The second-order valence-corrected chi connectivity index (χ2v) is 7.80. The predicted molar refractivity (Wildman–Crippen MR) is 120 cm³/mol. The average molecular weight is 437 g/mol. The van der Waals surface area contributed by atoms with E-state index >= 15 is 0 Å². The van der Waals surface area contributed by atoms with E-state index in [-0.39, 0.29) is 18.0 Å². The number of halogens is 1. The number of carbonyl (C=O) groups is 2. The smallest absolute Gasteiger partial charge is 0.321 e. The molecule has 0 bridgehead atoms. The van der Waals surface area contributed by atoms with Crippen molar-refractivity contribution in [1.82, 2.24) is 14.5 Å². The molecule has 0 saturated carbocycles. The Kier molecular flexibility index (Phi) is 6.44. The Labute approximate surface area is 184 Å². The van der Waals surface area contributed by atoms with E-state index in [4.69, 9.17) is 0 Å². The van der Waals surface area contributed by atoms with Crippen molar-refractivity contribution < 1.29 is 14.0 Å². The molecule has 3 aromatic rings. The lowest BCUT2D eigenvalue weighted by molar-refractivity contribution is -0.116. The third kappa shape index (κ3) is 5.11. The molecule has 32 heavy (non-hydrogen) atoms. The quantitative estimate of drug-likeness (QED) is 0.652. The van der Waals surface area contributed by atoms with Crippen molar-refractivity contribution in [3.63, 3.8) is 0 Å². The van der Waals surface area contributed by atoms with Crippen molar-refractivity contribution in [2.75, 3.05) is 23.7 Å².